The number of hydrogen-bond acceptors (Lipinski definition) is 9. The van der Waals surface area contributed by atoms with Crippen LogP contribution in [0.3, 0.4) is 0 Å². The molecule has 0 atom stereocenters. The Morgan fingerprint density at radius 2 is 1.90 bits per heavy atom. The first-order chi connectivity index (χ1) is 14.2. The molecule has 1 aliphatic rings. The highest BCUT2D eigenvalue weighted by atomic mass is 32.1. The lowest BCUT2D eigenvalue weighted by molar-refractivity contribution is -0.133. The molecule has 0 aliphatic carbocycles. The number of nitrogens with zero attached hydrogens (tertiary/aromatic N) is 6. The van der Waals surface area contributed by atoms with Crippen molar-refractivity contribution < 1.29 is 13.8 Å². The van der Waals surface area contributed by atoms with Crippen molar-refractivity contribution in [1.29, 1.82) is 0 Å². The van der Waals surface area contributed by atoms with Crippen molar-refractivity contribution in [3.05, 3.63) is 35.1 Å². The molecule has 0 bridgehead atoms. The Kier molecular flexibility index (Phi) is 6.30. The van der Waals surface area contributed by atoms with E-state index in [9.17, 15) is 4.79 Å². The van der Waals surface area contributed by atoms with Crippen LogP contribution in [-0.4, -0.2) is 68.7 Å². The highest BCUT2D eigenvalue weighted by molar-refractivity contribution is 7.13. The van der Waals surface area contributed by atoms with Crippen LogP contribution < -0.4 is 0 Å². The molecule has 1 amide bonds. The second kappa shape index (κ2) is 9.27. The normalized spacial score (nSPS) is 15.1. The SMILES string of the molecule is Cc1noc(CCC(=O)N2CCN(CCCc3nc(-c4cccs4)no3)CC2)n1. The molecule has 4 rings (SSSR count). The molecule has 154 valence electrons. The molecule has 0 unspecified atom stereocenters. The zero-order chi connectivity index (χ0) is 20.1. The Bertz CT molecular complexity index is 914. The van der Waals surface area contributed by atoms with E-state index >= 15 is 0 Å². The molecule has 3 aromatic heterocycles. The van der Waals surface area contributed by atoms with E-state index in [0.29, 0.717) is 36.3 Å². The zero-order valence-corrected chi connectivity index (χ0v) is 17.2. The third-order valence-electron chi connectivity index (χ3n) is 4.92. The molecule has 0 N–H and O–H groups in total. The Morgan fingerprint density at radius 1 is 1.10 bits per heavy atom. The summed E-state index contributed by atoms with van der Waals surface area (Å²) in [6.07, 6.45) is 2.63. The Balaban J connectivity index is 1.14. The van der Waals surface area contributed by atoms with Crippen LogP contribution in [0.4, 0.5) is 0 Å². The fraction of sp³-hybridized carbons (Fsp3) is 0.526. The van der Waals surface area contributed by atoms with E-state index in [4.69, 9.17) is 9.05 Å². The summed E-state index contributed by atoms with van der Waals surface area (Å²) in [5.74, 6) is 2.62. The molecule has 0 radical (unpaired) electrons. The second-order valence-electron chi connectivity index (χ2n) is 7.05. The van der Waals surface area contributed by atoms with Gasteiger partial charge in [0.25, 0.3) is 0 Å². The number of aromatic nitrogens is 4. The maximum absolute atomic E-state index is 12.4. The lowest BCUT2D eigenvalue weighted by Crippen LogP contribution is -2.48. The second-order valence-corrected chi connectivity index (χ2v) is 8.00. The molecular weight excluding hydrogens is 392 g/mol. The zero-order valence-electron chi connectivity index (χ0n) is 16.4. The van der Waals surface area contributed by atoms with Gasteiger partial charge in [0, 0.05) is 45.4 Å². The lowest BCUT2D eigenvalue weighted by atomic mass is 10.2. The van der Waals surface area contributed by atoms with Crippen LogP contribution in [0.25, 0.3) is 10.7 Å². The molecule has 1 aliphatic heterocycles. The van der Waals surface area contributed by atoms with E-state index in [1.807, 2.05) is 22.4 Å². The quantitative estimate of drug-likeness (QED) is 0.551. The van der Waals surface area contributed by atoms with Crippen LogP contribution in [-0.2, 0) is 17.6 Å². The number of carbonyl (C=O) groups is 1. The predicted octanol–water partition coefficient (Wildman–Crippen LogP) is 2.20. The maximum Gasteiger partial charge on any atom is 0.227 e. The van der Waals surface area contributed by atoms with Crippen molar-refractivity contribution >= 4 is 17.2 Å². The molecular formula is C19H24N6O3S. The highest BCUT2D eigenvalue weighted by Crippen LogP contribution is 2.21. The van der Waals surface area contributed by atoms with Gasteiger partial charge in [0.05, 0.1) is 4.88 Å². The average Bonchev–Trinajstić information content (AvgIpc) is 3.48. The summed E-state index contributed by atoms with van der Waals surface area (Å²) in [5, 5.41) is 9.80. The van der Waals surface area contributed by atoms with Gasteiger partial charge in [-0.1, -0.05) is 16.4 Å². The highest BCUT2D eigenvalue weighted by Gasteiger charge is 2.21. The van der Waals surface area contributed by atoms with Gasteiger partial charge in [-0.15, -0.1) is 11.3 Å². The van der Waals surface area contributed by atoms with Gasteiger partial charge in [0.1, 0.15) is 0 Å². The van der Waals surface area contributed by atoms with E-state index < -0.39 is 0 Å². The molecule has 1 fully saturated rings. The Labute approximate surface area is 172 Å². The van der Waals surface area contributed by atoms with Crippen molar-refractivity contribution in [2.24, 2.45) is 0 Å². The van der Waals surface area contributed by atoms with Crippen molar-refractivity contribution in [2.45, 2.75) is 32.6 Å². The summed E-state index contributed by atoms with van der Waals surface area (Å²) in [4.78, 5) is 26.3. The molecule has 0 aromatic carbocycles. The van der Waals surface area contributed by atoms with Crippen molar-refractivity contribution in [3.8, 4) is 10.7 Å². The van der Waals surface area contributed by atoms with Gasteiger partial charge < -0.3 is 13.9 Å². The fourth-order valence-corrected chi connectivity index (χ4v) is 4.00. The predicted molar refractivity (Wildman–Crippen MR) is 106 cm³/mol. The summed E-state index contributed by atoms with van der Waals surface area (Å²) < 4.78 is 10.4. The van der Waals surface area contributed by atoms with Gasteiger partial charge in [-0.05, 0) is 31.3 Å². The molecule has 10 heteroatoms. The standard InChI is InChI=1S/C19H24N6O3S/c1-14-20-17(27-22-14)6-7-18(26)25-11-9-24(10-12-25)8-2-5-16-21-19(23-28-16)15-4-3-13-29-15/h3-4,13H,2,5-12H2,1H3. The molecule has 4 heterocycles. The number of aryl methyl sites for hydroxylation is 3. The fourth-order valence-electron chi connectivity index (χ4n) is 3.35. The number of piperazine rings is 1. The molecule has 0 spiro atoms. The minimum atomic E-state index is 0.146. The van der Waals surface area contributed by atoms with E-state index in [1.54, 1.807) is 18.3 Å². The van der Waals surface area contributed by atoms with E-state index in [1.165, 1.54) is 0 Å². The molecule has 0 saturated carbocycles. The first-order valence-electron chi connectivity index (χ1n) is 9.83. The summed E-state index contributed by atoms with van der Waals surface area (Å²) >= 11 is 1.60. The van der Waals surface area contributed by atoms with Gasteiger partial charge in [-0.2, -0.15) is 9.97 Å². The minimum absolute atomic E-state index is 0.146. The van der Waals surface area contributed by atoms with Crippen molar-refractivity contribution in [3.63, 3.8) is 0 Å². The first kappa shape index (κ1) is 19.7. The van der Waals surface area contributed by atoms with Gasteiger partial charge in [0.15, 0.2) is 5.82 Å². The molecule has 3 aromatic rings. The van der Waals surface area contributed by atoms with Gasteiger partial charge in [-0.25, -0.2) is 0 Å². The van der Waals surface area contributed by atoms with E-state index in [-0.39, 0.29) is 5.91 Å². The summed E-state index contributed by atoms with van der Waals surface area (Å²) in [5.41, 5.74) is 0. The van der Waals surface area contributed by atoms with Gasteiger partial charge >= 0.3 is 0 Å². The van der Waals surface area contributed by atoms with Crippen LogP contribution in [0.5, 0.6) is 0 Å². The monoisotopic (exact) mass is 416 g/mol. The third kappa shape index (κ3) is 5.27. The maximum atomic E-state index is 12.4. The van der Waals surface area contributed by atoms with E-state index in [2.05, 4.69) is 25.2 Å². The van der Waals surface area contributed by atoms with Crippen LogP contribution in [0.15, 0.2) is 26.6 Å². The Hall–Kier alpha value is -2.59. The van der Waals surface area contributed by atoms with Crippen LogP contribution in [0.1, 0.15) is 30.4 Å². The summed E-state index contributed by atoms with van der Waals surface area (Å²) in [7, 11) is 0. The average molecular weight is 417 g/mol. The van der Waals surface area contributed by atoms with Crippen molar-refractivity contribution in [2.75, 3.05) is 32.7 Å². The topological polar surface area (TPSA) is 101 Å². The molecule has 29 heavy (non-hydrogen) atoms. The summed E-state index contributed by atoms with van der Waals surface area (Å²) in [6, 6.07) is 3.97. The van der Waals surface area contributed by atoms with Gasteiger partial charge in [-0.3, -0.25) is 9.69 Å². The number of rotatable bonds is 8. The number of amides is 1. The molecule has 9 nitrogen and oxygen atoms in total. The number of carbonyl (C=O) groups excluding carboxylic acids is 1. The van der Waals surface area contributed by atoms with E-state index in [0.717, 1.165) is 50.4 Å². The van der Waals surface area contributed by atoms with Crippen LogP contribution >= 0.6 is 11.3 Å². The summed E-state index contributed by atoms with van der Waals surface area (Å²) in [6.45, 7) is 6.01. The number of hydrogen-bond donors (Lipinski definition) is 0. The van der Waals surface area contributed by atoms with Crippen LogP contribution in [0, 0.1) is 6.92 Å². The smallest absolute Gasteiger partial charge is 0.227 e. The molecule has 1 saturated heterocycles. The minimum Gasteiger partial charge on any atom is -0.340 e. The largest absolute Gasteiger partial charge is 0.340 e. The van der Waals surface area contributed by atoms with Crippen molar-refractivity contribution in [1.82, 2.24) is 30.1 Å². The van der Waals surface area contributed by atoms with Gasteiger partial charge in [0.2, 0.25) is 23.5 Å². The lowest BCUT2D eigenvalue weighted by Gasteiger charge is -2.34. The Morgan fingerprint density at radius 3 is 2.62 bits per heavy atom. The number of thiophene rings is 1. The van der Waals surface area contributed by atoms with Crippen LogP contribution in [0.2, 0.25) is 0 Å². The third-order valence-corrected chi connectivity index (χ3v) is 5.79. The first-order valence-corrected chi connectivity index (χ1v) is 10.7.